The first kappa shape index (κ1) is 17.8. The number of piperidine rings is 1. The van der Waals surface area contributed by atoms with E-state index in [1.165, 1.54) is 4.90 Å². The maximum Gasteiger partial charge on any atom is 0.410 e. The van der Waals surface area contributed by atoms with Gasteiger partial charge in [-0.2, -0.15) is 0 Å². The van der Waals surface area contributed by atoms with E-state index in [1.54, 1.807) is 4.90 Å². The van der Waals surface area contributed by atoms with Gasteiger partial charge in [0.05, 0.1) is 13.1 Å². The van der Waals surface area contributed by atoms with E-state index in [1.807, 2.05) is 4.90 Å². The van der Waals surface area contributed by atoms with Crippen LogP contribution in [0.2, 0.25) is 0 Å². The van der Waals surface area contributed by atoms with E-state index in [0.29, 0.717) is 45.6 Å². The second-order valence-corrected chi connectivity index (χ2v) is 7.23. The molecular formula is C17H27N3O5. The zero-order valence-corrected chi connectivity index (χ0v) is 15.0. The molecule has 8 heteroatoms. The number of cyclic esters (lactones) is 1. The minimum absolute atomic E-state index is 0.0608. The van der Waals surface area contributed by atoms with Crippen LogP contribution in [0.5, 0.6) is 0 Å². The average molecular weight is 353 g/mol. The van der Waals surface area contributed by atoms with E-state index >= 15 is 0 Å². The van der Waals surface area contributed by atoms with Crippen molar-refractivity contribution in [3.8, 4) is 0 Å². The third-order valence-electron chi connectivity index (χ3n) is 5.43. The smallest absolute Gasteiger partial charge is 0.410 e. The molecule has 8 nitrogen and oxygen atoms in total. The third kappa shape index (κ3) is 3.67. The van der Waals surface area contributed by atoms with Gasteiger partial charge in [0.25, 0.3) is 0 Å². The summed E-state index contributed by atoms with van der Waals surface area (Å²) in [6.07, 6.45) is 2.61. The lowest BCUT2D eigenvalue weighted by Gasteiger charge is -2.38. The van der Waals surface area contributed by atoms with Gasteiger partial charge in [0.15, 0.2) is 0 Å². The topological polar surface area (TPSA) is 79.4 Å². The molecule has 25 heavy (non-hydrogen) atoms. The highest BCUT2D eigenvalue weighted by atomic mass is 16.6. The number of amides is 3. The van der Waals surface area contributed by atoms with Gasteiger partial charge in [0.1, 0.15) is 18.8 Å². The van der Waals surface area contributed by atoms with Crippen LogP contribution in [-0.2, 0) is 14.3 Å². The van der Waals surface area contributed by atoms with E-state index in [-0.39, 0.29) is 24.6 Å². The first-order chi connectivity index (χ1) is 11.9. The molecule has 0 bridgehead atoms. The Kier molecular flexibility index (Phi) is 5.06. The van der Waals surface area contributed by atoms with Crippen molar-refractivity contribution in [1.82, 2.24) is 14.7 Å². The van der Waals surface area contributed by atoms with Crippen LogP contribution in [0.15, 0.2) is 0 Å². The van der Waals surface area contributed by atoms with Gasteiger partial charge in [-0.1, -0.05) is 13.3 Å². The highest BCUT2D eigenvalue weighted by molar-refractivity contribution is 5.83. The molecule has 3 saturated heterocycles. The molecule has 0 saturated carbocycles. The van der Waals surface area contributed by atoms with Gasteiger partial charge in [0.2, 0.25) is 5.91 Å². The predicted molar refractivity (Wildman–Crippen MR) is 89.0 cm³/mol. The highest BCUT2D eigenvalue weighted by Gasteiger charge is 2.48. The van der Waals surface area contributed by atoms with Crippen LogP contribution < -0.4 is 0 Å². The van der Waals surface area contributed by atoms with E-state index in [2.05, 4.69) is 13.8 Å². The Labute approximate surface area is 148 Å². The van der Waals surface area contributed by atoms with Gasteiger partial charge in [-0.15, -0.1) is 0 Å². The number of nitrogens with zero attached hydrogens (tertiary/aromatic N) is 3. The Balaban J connectivity index is 1.52. The molecule has 1 atom stereocenters. The van der Waals surface area contributed by atoms with E-state index in [4.69, 9.17) is 9.47 Å². The fraction of sp³-hybridized carbons (Fsp3) is 0.824. The SMILES string of the molecule is CCC[C@@H](C)N1CC2(CCN(C(=O)CN3CCOC3=O)CC2)OC1=O. The van der Waals surface area contributed by atoms with Crippen molar-refractivity contribution in [3.05, 3.63) is 0 Å². The minimum atomic E-state index is -0.470. The normalized spacial score (nSPS) is 23.8. The van der Waals surface area contributed by atoms with Gasteiger partial charge in [0, 0.05) is 32.0 Å². The molecule has 0 radical (unpaired) electrons. The molecule has 0 aromatic heterocycles. The lowest BCUT2D eigenvalue weighted by molar-refractivity contribution is -0.135. The van der Waals surface area contributed by atoms with E-state index in [9.17, 15) is 14.4 Å². The largest absolute Gasteiger partial charge is 0.448 e. The number of ether oxygens (including phenoxy) is 2. The van der Waals surface area contributed by atoms with Crippen LogP contribution >= 0.6 is 0 Å². The zero-order valence-electron chi connectivity index (χ0n) is 15.0. The number of hydrogen-bond acceptors (Lipinski definition) is 5. The quantitative estimate of drug-likeness (QED) is 0.747. The summed E-state index contributed by atoms with van der Waals surface area (Å²) in [6.45, 7) is 6.72. The minimum Gasteiger partial charge on any atom is -0.448 e. The second kappa shape index (κ2) is 7.09. The Hall–Kier alpha value is -1.99. The Morgan fingerprint density at radius 3 is 2.52 bits per heavy atom. The van der Waals surface area contributed by atoms with Crippen molar-refractivity contribution >= 4 is 18.1 Å². The second-order valence-electron chi connectivity index (χ2n) is 7.23. The standard InChI is InChI=1S/C17H27N3O5/c1-3-4-13(2)20-12-17(25-16(20)23)5-7-18(8-6-17)14(21)11-19-9-10-24-15(19)22/h13H,3-12H2,1-2H3/t13-/m1/s1. The van der Waals surface area contributed by atoms with Gasteiger partial charge in [-0.3, -0.25) is 9.69 Å². The first-order valence-corrected chi connectivity index (χ1v) is 9.13. The molecule has 3 rings (SSSR count). The summed E-state index contributed by atoms with van der Waals surface area (Å²) >= 11 is 0. The van der Waals surface area contributed by atoms with Gasteiger partial charge in [-0.05, 0) is 13.3 Å². The van der Waals surface area contributed by atoms with Crippen molar-refractivity contribution < 1.29 is 23.9 Å². The summed E-state index contributed by atoms with van der Waals surface area (Å²) in [6, 6.07) is 0.178. The van der Waals surface area contributed by atoms with Crippen LogP contribution in [0.4, 0.5) is 9.59 Å². The van der Waals surface area contributed by atoms with Crippen LogP contribution in [0.3, 0.4) is 0 Å². The van der Waals surface area contributed by atoms with Crippen molar-refractivity contribution in [2.75, 3.05) is 39.3 Å². The lowest BCUT2D eigenvalue weighted by atomic mass is 9.91. The fourth-order valence-electron chi connectivity index (χ4n) is 3.82. The molecule has 0 unspecified atom stereocenters. The summed E-state index contributed by atoms with van der Waals surface area (Å²) in [5, 5.41) is 0. The maximum atomic E-state index is 12.4. The van der Waals surface area contributed by atoms with Crippen LogP contribution in [0.1, 0.15) is 39.5 Å². The molecule has 3 aliphatic rings. The third-order valence-corrected chi connectivity index (χ3v) is 5.43. The Morgan fingerprint density at radius 2 is 1.92 bits per heavy atom. The molecule has 0 N–H and O–H groups in total. The van der Waals surface area contributed by atoms with Crippen molar-refractivity contribution in [2.24, 2.45) is 0 Å². The van der Waals surface area contributed by atoms with Gasteiger partial charge in [-0.25, -0.2) is 9.59 Å². The van der Waals surface area contributed by atoms with Crippen LogP contribution in [0, 0.1) is 0 Å². The van der Waals surface area contributed by atoms with Gasteiger partial charge >= 0.3 is 12.2 Å². The van der Waals surface area contributed by atoms with Crippen molar-refractivity contribution in [3.63, 3.8) is 0 Å². The molecule has 0 aliphatic carbocycles. The number of hydrogen-bond donors (Lipinski definition) is 0. The molecular weight excluding hydrogens is 326 g/mol. The molecule has 3 amide bonds. The molecule has 3 aliphatic heterocycles. The van der Waals surface area contributed by atoms with Crippen molar-refractivity contribution in [1.29, 1.82) is 0 Å². The molecule has 3 fully saturated rings. The summed E-state index contributed by atoms with van der Waals surface area (Å²) in [5.41, 5.74) is -0.470. The number of likely N-dealkylation sites (tertiary alicyclic amines) is 1. The van der Waals surface area contributed by atoms with Gasteiger partial charge < -0.3 is 19.3 Å². The summed E-state index contributed by atoms with van der Waals surface area (Å²) < 4.78 is 10.6. The molecule has 3 heterocycles. The van der Waals surface area contributed by atoms with Crippen LogP contribution in [0.25, 0.3) is 0 Å². The highest BCUT2D eigenvalue weighted by Crippen LogP contribution is 2.34. The average Bonchev–Trinajstić information content (AvgIpc) is 3.12. The number of carbonyl (C=O) groups is 3. The predicted octanol–water partition coefficient (Wildman–Crippen LogP) is 1.44. The monoisotopic (exact) mass is 353 g/mol. The summed E-state index contributed by atoms with van der Waals surface area (Å²) in [4.78, 5) is 41.1. The van der Waals surface area contributed by atoms with Crippen molar-refractivity contribution in [2.45, 2.75) is 51.2 Å². The Bertz CT molecular complexity index is 544. The number of carbonyl (C=O) groups excluding carboxylic acids is 3. The zero-order chi connectivity index (χ0) is 18.0. The summed E-state index contributed by atoms with van der Waals surface area (Å²) in [7, 11) is 0. The molecule has 0 aromatic rings. The maximum absolute atomic E-state index is 12.4. The van der Waals surface area contributed by atoms with Crippen LogP contribution in [-0.4, -0.2) is 83.8 Å². The van der Waals surface area contributed by atoms with E-state index in [0.717, 1.165) is 12.8 Å². The molecule has 140 valence electrons. The molecule has 0 aromatic carbocycles. The van der Waals surface area contributed by atoms with E-state index < -0.39 is 11.7 Å². The number of rotatable bonds is 5. The summed E-state index contributed by atoms with van der Waals surface area (Å²) in [5.74, 6) is -0.0748. The fourth-order valence-corrected chi connectivity index (χ4v) is 3.82. The Morgan fingerprint density at radius 1 is 1.20 bits per heavy atom. The first-order valence-electron chi connectivity index (χ1n) is 9.13. The molecule has 1 spiro atoms. The lowest BCUT2D eigenvalue weighted by Crippen LogP contribution is -2.51.